The smallest absolute Gasteiger partial charge is 0.354 e. The Balaban J connectivity index is 1.95. The first-order chi connectivity index (χ1) is 10.6. The van der Waals surface area contributed by atoms with E-state index in [0.717, 1.165) is 16.9 Å². The normalized spacial score (nSPS) is 10.8. The maximum absolute atomic E-state index is 11.5. The van der Waals surface area contributed by atoms with Crippen molar-refractivity contribution in [2.75, 3.05) is 0 Å². The Labute approximate surface area is 127 Å². The van der Waals surface area contributed by atoms with Crippen molar-refractivity contribution in [3.8, 4) is 5.75 Å². The average molecular weight is 296 g/mol. The predicted octanol–water partition coefficient (Wildman–Crippen LogP) is 3.23. The molecule has 22 heavy (non-hydrogen) atoms. The van der Waals surface area contributed by atoms with E-state index in [1.165, 1.54) is 0 Å². The van der Waals surface area contributed by atoms with Crippen LogP contribution in [0.15, 0.2) is 42.6 Å². The van der Waals surface area contributed by atoms with E-state index in [4.69, 9.17) is 4.74 Å². The van der Waals surface area contributed by atoms with Crippen molar-refractivity contribution in [2.24, 2.45) is 0 Å². The summed E-state index contributed by atoms with van der Waals surface area (Å²) in [7, 11) is 0. The van der Waals surface area contributed by atoms with Crippen LogP contribution in [0.4, 0.5) is 0 Å². The minimum Gasteiger partial charge on any atom is -0.487 e. The number of aryl methyl sites for hydroxylation is 1. The van der Waals surface area contributed by atoms with Crippen molar-refractivity contribution in [1.29, 1.82) is 0 Å². The van der Waals surface area contributed by atoms with Gasteiger partial charge in [0.15, 0.2) is 5.69 Å². The second-order valence-corrected chi connectivity index (χ2v) is 5.13. The molecule has 3 rings (SSSR count). The largest absolute Gasteiger partial charge is 0.487 e. The van der Waals surface area contributed by atoms with E-state index in [1.807, 2.05) is 38.1 Å². The Morgan fingerprint density at radius 2 is 2.05 bits per heavy atom. The number of fused-ring (bicyclic) bond motifs is 1. The fourth-order valence-corrected chi connectivity index (χ4v) is 2.40. The summed E-state index contributed by atoms with van der Waals surface area (Å²) in [5.41, 5.74) is 3.33. The molecule has 0 fully saturated rings. The Hall–Kier alpha value is -2.82. The van der Waals surface area contributed by atoms with Gasteiger partial charge < -0.3 is 9.84 Å². The number of carboxylic acids is 1. The van der Waals surface area contributed by atoms with Crippen LogP contribution < -0.4 is 4.74 Å². The van der Waals surface area contributed by atoms with Crippen LogP contribution in [0.3, 0.4) is 0 Å². The number of imidazole rings is 1. The van der Waals surface area contributed by atoms with Crippen LogP contribution >= 0.6 is 0 Å². The average Bonchev–Trinajstić information content (AvgIpc) is 2.87. The summed E-state index contributed by atoms with van der Waals surface area (Å²) in [6, 6.07) is 11.2. The van der Waals surface area contributed by atoms with Crippen molar-refractivity contribution in [3.63, 3.8) is 0 Å². The number of nitrogens with zero attached hydrogens (tertiary/aromatic N) is 2. The number of carbonyl (C=O) groups is 1. The van der Waals surface area contributed by atoms with E-state index in [2.05, 4.69) is 4.98 Å². The number of hydrogen-bond donors (Lipinski definition) is 1. The zero-order chi connectivity index (χ0) is 15.7. The number of benzene rings is 1. The molecule has 0 atom stereocenters. The fraction of sp³-hybridized carbons (Fsp3) is 0.176. The van der Waals surface area contributed by atoms with Crippen LogP contribution in [-0.4, -0.2) is 20.5 Å². The van der Waals surface area contributed by atoms with Gasteiger partial charge in [-0.15, -0.1) is 0 Å². The lowest BCUT2D eigenvalue weighted by Crippen LogP contribution is -2.08. The molecule has 0 radical (unpaired) electrons. The van der Waals surface area contributed by atoms with Gasteiger partial charge in [0.05, 0.1) is 0 Å². The summed E-state index contributed by atoms with van der Waals surface area (Å²) in [6.07, 6.45) is 1.69. The molecular formula is C17H16N2O3. The molecule has 112 valence electrons. The highest BCUT2D eigenvalue weighted by Crippen LogP contribution is 2.22. The maximum atomic E-state index is 11.5. The van der Waals surface area contributed by atoms with Gasteiger partial charge in [0, 0.05) is 6.20 Å². The highest BCUT2D eigenvalue weighted by atomic mass is 16.5. The molecule has 2 heterocycles. The highest BCUT2D eigenvalue weighted by Gasteiger charge is 2.18. The van der Waals surface area contributed by atoms with Gasteiger partial charge in [-0.05, 0) is 43.2 Å². The van der Waals surface area contributed by atoms with Crippen LogP contribution in [-0.2, 0) is 6.61 Å². The van der Waals surface area contributed by atoms with Crippen LogP contribution in [0.5, 0.6) is 5.75 Å². The molecule has 5 heteroatoms. The summed E-state index contributed by atoms with van der Waals surface area (Å²) in [5, 5.41) is 9.43. The lowest BCUT2D eigenvalue weighted by atomic mass is 10.1. The first-order valence-electron chi connectivity index (χ1n) is 6.96. The summed E-state index contributed by atoms with van der Waals surface area (Å²) in [5.74, 6) is -0.272. The minimum atomic E-state index is -1.02. The van der Waals surface area contributed by atoms with Gasteiger partial charge in [-0.2, -0.15) is 0 Å². The summed E-state index contributed by atoms with van der Waals surface area (Å²) in [6.45, 7) is 4.11. The molecule has 0 amide bonds. The van der Waals surface area contributed by atoms with E-state index >= 15 is 0 Å². The molecule has 0 aliphatic heterocycles. The Morgan fingerprint density at radius 1 is 1.23 bits per heavy atom. The van der Waals surface area contributed by atoms with Crippen molar-refractivity contribution >= 4 is 11.6 Å². The molecule has 0 bridgehead atoms. The molecule has 0 spiro atoms. The van der Waals surface area contributed by atoms with Gasteiger partial charge in [-0.3, -0.25) is 4.40 Å². The van der Waals surface area contributed by atoms with Crippen LogP contribution in [0.1, 0.15) is 27.3 Å². The Morgan fingerprint density at radius 3 is 2.82 bits per heavy atom. The number of pyridine rings is 1. The van der Waals surface area contributed by atoms with Gasteiger partial charge >= 0.3 is 5.97 Å². The zero-order valence-corrected chi connectivity index (χ0v) is 12.4. The van der Waals surface area contributed by atoms with Crippen molar-refractivity contribution in [1.82, 2.24) is 9.38 Å². The first-order valence-corrected chi connectivity index (χ1v) is 6.96. The van der Waals surface area contributed by atoms with E-state index in [1.54, 1.807) is 22.7 Å². The van der Waals surface area contributed by atoms with Crippen molar-refractivity contribution < 1.29 is 14.6 Å². The molecule has 5 nitrogen and oxygen atoms in total. The topological polar surface area (TPSA) is 63.8 Å². The van der Waals surface area contributed by atoms with Crippen LogP contribution in [0.2, 0.25) is 0 Å². The zero-order valence-electron chi connectivity index (χ0n) is 12.4. The molecule has 2 aromatic heterocycles. The van der Waals surface area contributed by atoms with Gasteiger partial charge in [-0.25, -0.2) is 9.78 Å². The molecule has 0 aliphatic carbocycles. The number of ether oxygens (including phenoxy) is 1. The lowest BCUT2D eigenvalue weighted by Gasteiger charge is -2.10. The van der Waals surface area contributed by atoms with E-state index in [-0.39, 0.29) is 12.3 Å². The molecule has 0 unspecified atom stereocenters. The quantitative estimate of drug-likeness (QED) is 0.803. The second kappa shape index (κ2) is 5.52. The molecule has 1 N–H and O–H groups in total. The van der Waals surface area contributed by atoms with E-state index in [0.29, 0.717) is 11.3 Å². The monoisotopic (exact) mass is 296 g/mol. The van der Waals surface area contributed by atoms with E-state index < -0.39 is 5.97 Å². The maximum Gasteiger partial charge on any atom is 0.354 e. The molecule has 0 saturated heterocycles. The van der Waals surface area contributed by atoms with Crippen molar-refractivity contribution in [2.45, 2.75) is 20.5 Å². The number of rotatable bonds is 4. The first kappa shape index (κ1) is 14.1. The van der Waals surface area contributed by atoms with E-state index in [9.17, 15) is 9.90 Å². The Bertz CT molecular complexity index is 852. The number of aromatic carboxylic acids is 1. The third kappa shape index (κ3) is 2.41. The summed E-state index contributed by atoms with van der Waals surface area (Å²) >= 11 is 0. The number of hydrogen-bond acceptors (Lipinski definition) is 3. The lowest BCUT2D eigenvalue weighted by molar-refractivity contribution is 0.0686. The Kier molecular flexibility index (Phi) is 3.55. The SMILES string of the molecule is Cc1cccc(OCc2nc3ccccn3c2C(=O)O)c1C. The third-order valence-corrected chi connectivity index (χ3v) is 3.72. The molecule has 3 aromatic rings. The van der Waals surface area contributed by atoms with Crippen LogP contribution in [0, 0.1) is 13.8 Å². The minimum absolute atomic E-state index is 0.119. The second-order valence-electron chi connectivity index (χ2n) is 5.13. The van der Waals surface area contributed by atoms with Crippen molar-refractivity contribution in [3.05, 3.63) is 65.1 Å². The fourth-order valence-electron chi connectivity index (χ4n) is 2.40. The molecule has 0 aliphatic rings. The molecule has 0 saturated carbocycles. The summed E-state index contributed by atoms with van der Waals surface area (Å²) in [4.78, 5) is 15.9. The standard InChI is InChI=1S/C17H16N2O3/c1-11-6-5-7-14(12(11)2)22-10-13-16(17(20)21)19-9-4-3-8-15(19)18-13/h3-9H,10H2,1-2H3,(H,20,21). The summed E-state index contributed by atoms with van der Waals surface area (Å²) < 4.78 is 7.34. The number of carboxylic acid groups (broad SMARTS) is 1. The van der Waals surface area contributed by atoms with Crippen LogP contribution in [0.25, 0.3) is 5.65 Å². The predicted molar refractivity (Wildman–Crippen MR) is 82.4 cm³/mol. The third-order valence-electron chi connectivity index (χ3n) is 3.72. The highest BCUT2D eigenvalue weighted by molar-refractivity contribution is 5.88. The molecule has 1 aromatic carbocycles. The molecular weight excluding hydrogens is 280 g/mol. The van der Waals surface area contributed by atoms with Gasteiger partial charge in [0.2, 0.25) is 0 Å². The van der Waals surface area contributed by atoms with Gasteiger partial charge in [0.1, 0.15) is 23.7 Å². The van der Waals surface area contributed by atoms with Gasteiger partial charge in [0.25, 0.3) is 0 Å². The number of aromatic nitrogens is 2. The van der Waals surface area contributed by atoms with Gasteiger partial charge in [-0.1, -0.05) is 18.2 Å².